The minimum absolute atomic E-state index is 0.204. The molecule has 2 heterocycles. The van der Waals surface area contributed by atoms with Gasteiger partial charge in [0.05, 0.1) is 11.1 Å². The van der Waals surface area contributed by atoms with Crippen LogP contribution in [0.5, 0.6) is 0 Å². The minimum Gasteiger partial charge on any atom is -0.299 e. The van der Waals surface area contributed by atoms with E-state index in [1.54, 1.807) is 31.2 Å². The van der Waals surface area contributed by atoms with E-state index in [4.69, 9.17) is 0 Å². The van der Waals surface area contributed by atoms with Crippen molar-refractivity contribution in [1.82, 2.24) is 15.1 Å². The van der Waals surface area contributed by atoms with E-state index in [2.05, 4.69) is 15.5 Å². The second kappa shape index (κ2) is 7.32. The minimum atomic E-state index is -1.00. The molecule has 7 nitrogen and oxygen atoms in total. The Morgan fingerprint density at radius 1 is 1.00 bits per heavy atom. The Bertz CT molecular complexity index is 1030. The summed E-state index contributed by atoms with van der Waals surface area (Å²) >= 11 is 1.23. The fourth-order valence-electron chi connectivity index (χ4n) is 3.17. The molecule has 28 heavy (non-hydrogen) atoms. The van der Waals surface area contributed by atoms with Gasteiger partial charge in [-0.2, -0.15) is 0 Å². The molecule has 3 amide bonds. The molecule has 1 unspecified atom stereocenters. The fourth-order valence-corrected chi connectivity index (χ4v) is 3.76. The first-order valence-electron chi connectivity index (χ1n) is 8.66. The van der Waals surface area contributed by atoms with Crippen molar-refractivity contribution in [2.24, 2.45) is 0 Å². The highest BCUT2D eigenvalue weighted by atomic mass is 32.1. The number of nitrogens with zero attached hydrogens (tertiary/aromatic N) is 3. The van der Waals surface area contributed by atoms with Crippen molar-refractivity contribution in [1.29, 1.82) is 0 Å². The van der Waals surface area contributed by atoms with E-state index in [0.717, 1.165) is 10.5 Å². The second-order valence-electron chi connectivity index (χ2n) is 6.35. The Hall–Kier alpha value is -3.39. The molecule has 4 rings (SSSR count). The third-order valence-corrected chi connectivity index (χ3v) is 5.22. The lowest BCUT2D eigenvalue weighted by Gasteiger charge is -2.25. The molecule has 0 saturated heterocycles. The molecule has 1 aliphatic heterocycles. The van der Waals surface area contributed by atoms with Crippen molar-refractivity contribution in [3.8, 4) is 0 Å². The number of benzene rings is 2. The van der Waals surface area contributed by atoms with Gasteiger partial charge in [-0.1, -0.05) is 53.8 Å². The molecule has 140 valence electrons. The molecule has 1 atom stereocenters. The summed E-state index contributed by atoms with van der Waals surface area (Å²) in [4.78, 5) is 39.9. The van der Waals surface area contributed by atoms with Crippen molar-refractivity contribution in [2.75, 3.05) is 5.32 Å². The van der Waals surface area contributed by atoms with Gasteiger partial charge >= 0.3 is 0 Å². The Morgan fingerprint density at radius 2 is 1.61 bits per heavy atom. The number of fused-ring (bicyclic) bond motifs is 1. The summed E-state index contributed by atoms with van der Waals surface area (Å²) in [5.41, 5.74) is 1.46. The zero-order chi connectivity index (χ0) is 19.7. The van der Waals surface area contributed by atoms with Crippen LogP contribution < -0.4 is 5.32 Å². The maximum atomic E-state index is 13.0. The van der Waals surface area contributed by atoms with Gasteiger partial charge in [0.25, 0.3) is 11.8 Å². The van der Waals surface area contributed by atoms with Crippen molar-refractivity contribution >= 4 is 34.2 Å². The van der Waals surface area contributed by atoms with Crippen LogP contribution in [-0.2, 0) is 11.2 Å². The van der Waals surface area contributed by atoms with E-state index in [-0.39, 0.29) is 6.42 Å². The zero-order valence-corrected chi connectivity index (χ0v) is 15.8. The molecule has 0 aliphatic carbocycles. The van der Waals surface area contributed by atoms with E-state index < -0.39 is 23.8 Å². The number of anilines is 1. The van der Waals surface area contributed by atoms with Gasteiger partial charge in [-0.15, -0.1) is 10.2 Å². The summed E-state index contributed by atoms with van der Waals surface area (Å²) in [5, 5.41) is 11.5. The Labute approximate surface area is 165 Å². The molecule has 0 bridgehead atoms. The number of amides is 3. The standard InChI is InChI=1S/C20H16N4O3S/c1-12-22-23-20(28-12)21-17(25)16(11-13-7-3-2-4-8-13)24-18(26)14-9-5-6-10-15(14)19(24)27/h2-10,16H,11H2,1H3,(H,21,23,25). The maximum absolute atomic E-state index is 13.0. The Morgan fingerprint density at radius 3 is 2.18 bits per heavy atom. The highest BCUT2D eigenvalue weighted by Gasteiger charge is 2.42. The number of aryl methyl sites for hydroxylation is 1. The van der Waals surface area contributed by atoms with E-state index in [9.17, 15) is 14.4 Å². The number of imide groups is 1. The summed E-state index contributed by atoms with van der Waals surface area (Å²) in [7, 11) is 0. The SMILES string of the molecule is Cc1nnc(NC(=O)C(Cc2ccccc2)N2C(=O)c3ccccc3C2=O)s1. The van der Waals surface area contributed by atoms with E-state index in [0.29, 0.717) is 21.3 Å². The van der Waals surface area contributed by atoms with Crippen molar-refractivity contribution in [3.05, 3.63) is 76.3 Å². The van der Waals surface area contributed by atoms with E-state index in [1.807, 2.05) is 30.3 Å². The lowest BCUT2D eigenvalue weighted by Crippen LogP contribution is -2.48. The van der Waals surface area contributed by atoms with Crippen LogP contribution in [0.4, 0.5) is 5.13 Å². The smallest absolute Gasteiger partial charge is 0.262 e. The molecular weight excluding hydrogens is 376 g/mol. The summed E-state index contributed by atoms with van der Waals surface area (Å²) in [5.74, 6) is -1.41. The summed E-state index contributed by atoms with van der Waals surface area (Å²) in [6.45, 7) is 1.78. The molecule has 1 aliphatic rings. The zero-order valence-electron chi connectivity index (χ0n) is 15.0. The quantitative estimate of drug-likeness (QED) is 0.674. The third kappa shape index (κ3) is 3.29. The summed E-state index contributed by atoms with van der Waals surface area (Å²) in [6.07, 6.45) is 0.204. The molecule has 0 spiro atoms. The van der Waals surface area contributed by atoms with E-state index >= 15 is 0 Å². The first-order valence-corrected chi connectivity index (χ1v) is 9.48. The molecule has 0 radical (unpaired) electrons. The molecule has 3 aromatic rings. The third-order valence-electron chi connectivity index (χ3n) is 4.47. The van der Waals surface area contributed by atoms with Gasteiger partial charge in [-0.25, -0.2) is 0 Å². The molecule has 2 aromatic carbocycles. The van der Waals surface area contributed by atoms with E-state index in [1.165, 1.54) is 11.3 Å². The van der Waals surface area contributed by atoms with Gasteiger partial charge < -0.3 is 0 Å². The molecule has 8 heteroatoms. The van der Waals surface area contributed by atoms with Crippen LogP contribution in [0.15, 0.2) is 54.6 Å². The summed E-state index contributed by atoms with van der Waals surface area (Å²) in [6, 6.07) is 14.9. The first kappa shape index (κ1) is 18.0. The normalized spacial score (nSPS) is 14.1. The molecule has 0 fully saturated rings. The van der Waals surface area contributed by atoms with Gasteiger partial charge in [0.15, 0.2) is 0 Å². The number of hydrogen-bond acceptors (Lipinski definition) is 6. The van der Waals surface area contributed by atoms with Crippen LogP contribution in [0.2, 0.25) is 0 Å². The number of nitrogens with one attached hydrogen (secondary N) is 1. The van der Waals surface area contributed by atoms with Gasteiger partial charge in [-0.05, 0) is 24.6 Å². The number of carbonyl (C=O) groups excluding carboxylic acids is 3. The number of aromatic nitrogens is 2. The van der Waals surface area contributed by atoms with Crippen molar-refractivity contribution < 1.29 is 14.4 Å². The Kier molecular flexibility index (Phi) is 4.70. The Balaban J connectivity index is 1.68. The van der Waals surface area contributed by atoms with Gasteiger partial charge in [0, 0.05) is 6.42 Å². The van der Waals surface area contributed by atoms with Crippen molar-refractivity contribution in [2.45, 2.75) is 19.4 Å². The molecule has 1 N–H and O–H groups in total. The second-order valence-corrected chi connectivity index (χ2v) is 7.53. The van der Waals surface area contributed by atoms with Crippen LogP contribution >= 0.6 is 11.3 Å². The van der Waals surface area contributed by atoms with Crippen molar-refractivity contribution in [3.63, 3.8) is 0 Å². The largest absolute Gasteiger partial charge is 0.299 e. The average molecular weight is 392 g/mol. The van der Waals surface area contributed by atoms with Gasteiger partial charge in [-0.3, -0.25) is 24.6 Å². The molecule has 1 aromatic heterocycles. The first-order chi connectivity index (χ1) is 13.5. The predicted octanol–water partition coefficient (Wildman–Crippen LogP) is 2.69. The van der Waals surface area contributed by atoms with Crippen LogP contribution in [-0.4, -0.2) is 38.9 Å². The van der Waals surface area contributed by atoms with Crippen LogP contribution in [0.1, 0.15) is 31.3 Å². The van der Waals surface area contributed by atoms with Gasteiger partial charge in [0.2, 0.25) is 11.0 Å². The molecular formula is C20H16N4O3S. The topological polar surface area (TPSA) is 92.3 Å². The maximum Gasteiger partial charge on any atom is 0.262 e. The average Bonchev–Trinajstić information content (AvgIpc) is 3.22. The number of carbonyl (C=O) groups is 3. The number of rotatable bonds is 5. The van der Waals surface area contributed by atoms with Crippen LogP contribution in [0, 0.1) is 6.92 Å². The summed E-state index contributed by atoms with van der Waals surface area (Å²) < 4.78 is 0. The predicted molar refractivity (Wildman–Crippen MR) is 104 cm³/mol. The number of hydrogen-bond donors (Lipinski definition) is 1. The monoisotopic (exact) mass is 392 g/mol. The van der Waals surface area contributed by atoms with Crippen LogP contribution in [0.25, 0.3) is 0 Å². The molecule has 0 saturated carbocycles. The highest BCUT2D eigenvalue weighted by Crippen LogP contribution is 2.27. The lowest BCUT2D eigenvalue weighted by molar-refractivity contribution is -0.119. The fraction of sp³-hybridized carbons (Fsp3) is 0.150. The highest BCUT2D eigenvalue weighted by molar-refractivity contribution is 7.15. The lowest BCUT2D eigenvalue weighted by atomic mass is 10.0. The van der Waals surface area contributed by atoms with Crippen LogP contribution in [0.3, 0.4) is 0 Å². The van der Waals surface area contributed by atoms with Gasteiger partial charge in [0.1, 0.15) is 11.0 Å².